The predicted octanol–water partition coefficient (Wildman–Crippen LogP) is 2.29. The van der Waals surface area contributed by atoms with Crippen molar-refractivity contribution in [3.05, 3.63) is 45.6 Å². The number of benzene rings is 1. The molecular weight excluding hydrogens is 292 g/mol. The molecule has 0 saturated carbocycles. The van der Waals surface area contributed by atoms with Crippen LogP contribution in [0.15, 0.2) is 38.9 Å². The van der Waals surface area contributed by atoms with Crippen LogP contribution in [0.5, 0.6) is 0 Å². The highest BCUT2D eigenvalue weighted by Crippen LogP contribution is 2.26. The Balaban J connectivity index is 2.08. The van der Waals surface area contributed by atoms with Crippen molar-refractivity contribution in [1.82, 2.24) is 4.98 Å². The van der Waals surface area contributed by atoms with Crippen molar-refractivity contribution >= 4 is 33.2 Å². The quantitative estimate of drug-likeness (QED) is 0.730. The number of nitrogens with two attached hydrogens (primary N) is 1. The lowest BCUT2D eigenvalue weighted by molar-refractivity contribution is 0.0601. The Morgan fingerprint density at radius 1 is 1.33 bits per heavy atom. The maximum absolute atomic E-state index is 11.9. The fraction of sp³-hybridized carbons (Fsp3) is 0.0714. The van der Waals surface area contributed by atoms with Crippen molar-refractivity contribution in [1.29, 1.82) is 0 Å². The molecule has 21 heavy (non-hydrogen) atoms. The van der Waals surface area contributed by atoms with E-state index in [2.05, 4.69) is 9.72 Å². The number of aromatic nitrogens is 1. The monoisotopic (exact) mass is 302 g/mol. The van der Waals surface area contributed by atoms with E-state index in [4.69, 9.17) is 10.2 Å². The van der Waals surface area contributed by atoms with E-state index in [0.717, 1.165) is 0 Å². The number of anilines is 1. The van der Waals surface area contributed by atoms with Gasteiger partial charge in [0.1, 0.15) is 10.2 Å². The minimum atomic E-state index is -0.522. The zero-order valence-electron chi connectivity index (χ0n) is 11.0. The van der Waals surface area contributed by atoms with Crippen LogP contribution in [0, 0.1) is 0 Å². The highest BCUT2D eigenvalue weighted by atomic mass is 32.1. The van der Waals surface area contributed by atoms with Crippen LogP contribution in [0.2, 0.25) is 0 Å². The van der Waals surface area contributed by atoms with Gasteiger partial charge in [-0.1, -0.05) is 0 Å². The summed E-state index contributed by atoms with van der Waals surface area (Å²) in [4.78, 5) is 28.1. The number of fused-ring (bicyclic) bond motifs is 1. The number of hydrogen-bond donors (Lipinski definition) is 1. The van der Waals surface area contributed by atoms with Crippen LogP contribution in [0.3, 0.4) is 0 Å². The molecule has 0 aliphatic rings. The van der Waals surface area contributed by atoms with Crippen molar-refractivity contribution in [3.8, 4) is 11.5 Å². The molecule has 0 unspecified atom stereocenters. The summed E-state index contributed by atoms with van der Waals surface area (Å²) < 4.78 is 9.81. The second-order valence-electron chi connectivity index (χ2n) is 4.25. The Bertz CT molecular complexity index is 880. The van der Waals surface area contributed by atoms with Crippen LogP contribution < -0.4 is 11.4 Å². The van der Waals surface area contributed by atoms with E-state index < -0.39 is 11.6 Å². The van der Waals surface area contributed by atoms with Crippen molar-refractivity contribution < 1.29 is 13.9 Å². The van der Waals surface area contributed by atoms with Crippen molar-refractivity contribution in [2.75, 3.05) is 12.8 Å². The summed E-state index contributed by atoms with van der Waals surface area (Å²) in [5, 5.41) is 1.95. The summed E-state index contributed by atoms with van der Waals surface area (Å²) in [5.41, 5.74) is 6.53. The first-order chi connectivity index (χ1) is 10.1. The molecule has 6 nitrogen and oxygen atoms in total. The molecule has 0 bridgehead atoms. The molecule has 0 fully saturated rings. The van der Waals surface area contributed by atoms with Crippen LogP contribution in [0.25, 0.3) is 21.7 Å². The molecular formula is C14H10N2O4S. The second-order valence-corrected chi connectivity index (χ2v) is 5.10. The number of esters is 1. The van der Waals surface area contributed by atoms with Gasteiger partial charge < -0.3 is 14.9 Å². The molecule has 0 aliphatic heterocycles. The number of carbonyl (C=O) groups excluding carboxylic acids is 1. The molecule has 2 heterocycles. The lowest BCUT2D eigenvalue weighted by atomic mass is 10.1. The van der Waals surface area contributed by atoms with E-state index in [9.17, 15) is 9.59 Å². The van der Waals surface area contributed by atoms with E-state index in [1.807, 2.05) is 0 Å². The van der Waals surface area contributed by atoms with Crippen LogP contribution in [0.1, 0.15) is 10.4 Å². The first-order valence-corrected chi connectivity index (χ1v) is 6.84. The molecule has 3 aromatic rings. The average Bonchev–Trinajstić information content (AvgIpc) is 2.88. The van der Waals surface area contributed by atoms with Crippen molar-refractivity contribution in [2.45, 2.75) is 0 Å². The van der Waals surface area contributed by atoms with Gasteiger partial charge in [0.15, 0.2) is 0 Å². The van der Waals surface area contributed by atoms with Gasteiger partial charge in [-0.15, -0.1) is 11.3 Å². The van der Waals surface area contributed by atoms with E-state index in [-0.39, 0.29) is 5.89 Å². The fourth-order valence-electron chi connectivity index (χ4n) is 1.89. The molecule has 3 rings (SSSR count). The molecule has 0 amide bonds. The summed E-state index contributed by atoms with van der Waals surface area (Å²) in [6, 6.07) is 6.44. The molecule has 0 saturated heterocycles. The molecule has 1 aromatic carbocycles. The summed E-state index contributed by atoms with van der Waals surface area (Å²) in [7, 11) is 1.31. The molecule has 106 valence electrons. The second kappa shape index (κ2) is 5.02. The van der Waals surface area contributed by atoms with Crippen LogP contribution in [0.4, 0.5) is 5.69 Å². The number of rotatable bonds is 2. The summed E-state index contributed by atoms with van der Waals surface area (Å²) >= 11 is 1.28. The number of hydrogen-bond acceptors (Lipinski definition) is 7. The number of carbonyl (C=O) groups is 1. The van der Waals surface area contributed by atoms with Crippen LogP contribution in [-0.2, 0) is 4.74 Å². The Morgan fingerprint density at radius 3 is 2.71 bits per heavy atom. The van der Waals surface area contributed by atoms with E-state index in [0.29, 0.717) is 27.0 Å². The van der Waals surface area contributed by atoms with Gasteiger partial charge in [0.25, 0.3) is 0 Å². The van der Waals surface area contributed by atoms with Crippen LogP contribution >= 0.6 is 11.3 Å². The number of nitrogen functional groups attached to an aromatic ring is 1. The SMILES string of the molecule is COC(=O)c1ccc(-c2nc3scc(N)c3c(=O)o2)cc1. The molecule has 2 N–H and O–H groups in total. The van der Waals surface area contributed by atoms with E-state index >= 15 is 0 Å². The lowest BCUT2D eigenvalue weighted by Crippen LogP contribution is -2.03. The topological polar surface area (TPSA) is 95.4 Å². The normalized spacial score (nSPS) is 10.7. The number of ether oxygens (including phenoxy) is 1. The molecule has 0 radical (unpaired) electrons. The van der Waals surface area contributed by atoms with E-state index in [1.165, 1.54) is 18.4 Å². The zero-order valence-corrected chi connectivity index (χ0v) is 11.8. The largest absolute Gasteiger partial charge is 0.465 e. The number of thiophene rings is 1. The van der Waals surface area contributed by atoms with E-state index in [1.54, 1.807) is 29.6 Å². The lowest BCUT2D eigenvalue weighted by Gasteiger charge is -2.02. The summed E-state index contributed by atoms with van der Waals surface area (Å²) in [5.74, 6) is -0.247. The van der Waals surface area contributed by atoms with Gasteiger partial charge in [0.05, 0.1) is 18.4 Å². The van der Waals surface area contributed by atoms with Gasteiger partial charge in [-0.2, -0.15) is 0 Å². The van der Waals surface area contributed by atoms with Gasteiger partial charge in [-0.3, -0.25) is 0 Å². The maximum Gasteiger partial charge on any atom is 0.350 e. The Hall–Kier alpha value is -2.67. The summed E-state index contributed by atoms with van der Waals surface area (Å²) in [6.07, 6.45) is 0. The molecule has 0 spiro atoms. The van der Waals surface area contributed by atoms with Gasteiger partial charge in [0, 0.05) is 10.9 Å². The third-order valence-electron chi connectivity index (χ3n) is 2.95. The Labute approximate surface area is 122 Å². The summed E-state index contributed by atoms with van der Waals surface area (Å²) in [6.45, 7) is 0. The molecule has 0 atom stereocenters. The van der Waals surface area contributed by atoms with Crippen LogP contribution in [-0.4, -0.2) is 18.1 Å². The fourth-order valence-corrected chi connectivity index (χ4v) is 2.70. The highest BCUT2D eigenvalue weighted by Gasteiger charge is 2.13. The molecule has 7 heteroatoms. The standard InChI is InChI=1S/C14H10N2O4S/c1-19-13(17)8-4-2-7(3-5-8)11-16-12-10(14(18)20-11)9(15)6-21-12/h2-6H,15H2,1H3. The van der Waals surface area contributed by atoms with Crippen molar-refractivity contribution in [3.63, 3.8) is 0 Å². The van der Waals surface area contributed by atoms with Gasteiger partial charge in [-0.05, 0) is 24.3 Å². The predicted molar refractivity (Wildman–Crippen MR) is 79.3 cm³/mol. The first kappa shape index (κ1) is 13.3. The maximum atomic E-state index is 11.9. The van der Waals surface area contributed by atoms with Crippen molar-refractivity contribution in [2.24, 2.45) is 0 Å². The smallest absolute Gasteiger partial charge is 0.350 e. The average molecular weight is 302 g/mol. The Morgan fingerprint density at radius 2 is 2.05 bits per heavy atom. The zero-order chi connectivity index (χ0) is 15.0. The first-order valence-electron chi connectivity index (χ1n) is 5.96. The number of nitrogens with zero attached hydrogens (tertiary/aromatic N) is 1. The molecule has 2 aromatic heterocycles. The third kappa shape index (κ3) is 2.27. The minimum absolute atomic E-state index is 0.186. The van der Waals surface area contributed by atoms with Gasteiger partial charge in [0.2, 0.25) is 5.89 Å². The highest BCUT2D eigenvalue weighted by molar-refractivity contribution is 7.17. The number of methoxy groups -OCH3 is 1. The Kier molecular flexibility index (Phi) is 3.19. The third-order valence-corrected chi connectivity index (χ3v) is 3.84. The van der Waals surface area contributed by atoms with Gasteiger partial charge in [-0.25, -0.2) is 14.6 Å². The minimum Gasteiger partial charge on any atom is -0.465 e. The molecule has 0 aliphatic carbocycles. The van der Waals surface area contributed by atoms with Gasteiger partial charge >= 0.3 is 11.6 Å².